The highest BCUT2D eigenvalue weighted by Gasteiger charge is 2.19. The summed E-state index contributed by atoms with van der Waals surface area (Å²) in [7, 11) is 2.10. The molecule has 0 unspecified atom stereocenters. The van der Waals surface area contributed by atoms with Gasteiger partial charge in [0.1, 0.15) is 0 Å². The molecule has 22 heavy (non-hydrogen) atoms. The molecule has 1 fully saturated rings. The van der Waals surface area contributed by atoms with Gasteiger partial charge in [-0.2, -0.15) is 4.98 Å². The fourth-order valence-electron chi connectivity index (χ4n) is 2.98. The molecule has 0 aromatic carbocycles. The maximum absolute atomic E-state index is 12.1. The van der Waals surface area contributed by atoms with Gasteiger partial charge in [0.15, 0.2) is 5.82 Å². The first-order valence-electron chi connectivity index (χ1n) is 8.20. The van der Waals surface area contributed by atoms with E-state index in [0.717, 1.165) is 51.0 Å². The molecule has 2 aliphatic heterocycles. The second kappa shape index (κ2) is 7.05. The van der Waals surface area contributed by atoms with Gasteiger partial charge in [0, 0.05) is 39.0 Å². The Morgan fingerprint density at radius 3 is 2.82 bits per heavy atom. The van der Waals surface area contributed by atoms with Gasteiger partial charge in [-0.3, -0.25) is 4.79 Å². The molecule has 1 aromatic heterocycles. The number of hydrogen-bond donors (Lipinski definition) is 0. The third-order valence-electron chi connectivity index (χ3n) is 4.43. The van der Waals surface area contributed by atoms with Gasteiger partial charge in [-0.25, -0.2) is 0 Å². The summed E-state index contributed by atoms with van der Waals surface area (Å²) in [6, 6.07) is 0. The number of rotatable bonds is 4. The molecule has 120 valence electrons. The van der Waals surface area contributed by atoms with Crippen molar-refractivity contribution in [1.29, 1.82) is 0 Å². The number of nitrogens with zero attached hydrogens (tertiary/aromatic N) is 4. The van der Waals surface area contributed by atoms with Crippen molar-refractivity contribution in [2.75, 3.05) is 33.2 Å². The van der Waals surface area contributed by atoms with Crippen molar-refractivity contribution in [2.24, 2.45) is 0 Å². The Hall–Kier alpha value is -1.69. The molecule has 1 aromatic rings. The van der Waals surface area contributed by atoms with Crippen molar-refractivity contribution in [3.8, 4) is 0 Å². The fraction of sp³-hybridized carbons (Fsp3) is 0.688. The molecule has 0 spiro atoms. The predicted octanol–water partition coefficient (Wildman–Crippen LogP) is 1.73. The second-order valence-electron chi connectivity index (χ2n) is 6.19. The van der Waals surface area contributed by atoms with Gasteiger partial charge in [-0.1, -0.05) is 11.2 Å². The Bertz CT molecular complexity index is 546. The summed E-state index contributed by atoms with van der Waals surface area (Å²) in [6.07, 6.45) is 7.58. The summed E-state index contributed by atoms with van der Waals surface area (Å²) in [4.78, 5) is 20.8. The van der Waals surface area contributed by atoms with Gasteiger partial charge in [0.25, 0.3) is 0 Å². The Morgan fingerprint density at radius 2 is 2.09 bits per heavy atom. The molecule has 6 heteroatoms. The van der Waals surface area contributed by atoms with E-state index in [2.05, 4.69) is 28.2 Å². The lowest BCUT2D eigenvalue weighted by Crippen LogP contribution is -2.35. The zero-order valence-electron chi connectivity index (χ0n) is 13.3. The monoisotopic (exact) mass is 304 g/mol. The molecular weight excluding hydrogens is 280 g/mol. The SMILES string of the molecule is CN1CC=C(c2noc(CCC(=O)N3CCCCC3)n2)CC1. The van der Waals surface area contributed by atoms with Crippen molar-refractivity contribution < 1.29 is 9.32 Å². The quantitative estimate of drug-likeness (QED) is 0.848. The summed E-state index contributed by atoms with van der Waals surface area (Å²) in [5, 5.41) is 4.06. The fourth-order valence-corrected chi connectivity index (χ4v) is 2.98. The van der Waals surface area contributed by atoms with Crippen molar-refractivity contribution in [1.82, 2.24) is 19.9 Å². The lowest BCUT2D eigenvalue weighted by Gasteiger charge is -2.26. The first-order valence-corrected chi connectivity index (χ1v) is 8.20. The van der Waals surface area contributed by atoms with Crippen molar-refractivity contribution >= 4 is 11.5 Å². The van der Waals surface area contributed by atoms with Crippen LogP contribution in [0.4, 0.5) is 0 Å². The van der Waals surface area contributed by atoms with E-state index in [9.17, 15) is 4.79 Å². The van der Waals surface area contributed by atoms with E-state index >= 15 is 0 Å². The highest BCUT2D eigenvalue weighted by atomic mass is 16.5. The van der Waals surface area contributed by atoms with E-state index in [4.69, 9.17) is 4.52 Å². The number of likely N-dealkylation sites (tertiary alicyclic amines) is 1. The summed E-state index contributed by atoms with van der Waals surface area (Å²) < 4.78 is 5.30. The number of amides is 1. The van der Waals surface area contributed by atoms with E-state index in [1.165, 1.54) is 6.42 Å². The van der Waals surface area contributed by atoms with Gasteiger partial charge in [-0.15, -0.1) is 0 Å². The minimum atomic E-state index is 0.206. The van der Waals surface area contributed by atoms with Gasteiger partial charge in [-0.05, 0) is 38.3 Å². The van der Waals surface area contributed by atoms with Gasteiger partial charge >= 0.3 is 0 Å². The molecule has 0 aliphatic carbocycles. The lowest BCUT2D eigenvalue weighted by atomic mass is 10.1. The number of carbonyl (C=O) groups is 1. The number of hydrogen-bond acceptors (Lipinski definition) is 5. The molecular formula is C16H24N4O2. The molecule has 0 N–H and O–H groups in total. The van der Waals surface area contributed by atoms with Crippen molar-refractivity contribution in [3.63, 3.8) is 0 Å². The minimum Gasteiger partial charge on any atom is -0.343 e. The Balaban J connectivity index is 1.52. The van der Waals surface area contributed by atoms with Crippen LogP contribution in [0.2, 0.25) is 0 Å². The number of aromatic nitrogens is 2. The van der Waals surface area contributed by atoms with Gasteiger partial charge < -0.3 is 14.3 Å². The van der Waals surface area contributed by atoms with E-state index in [0.29, 0.717) is 24.6 Å². The number of likely N-dealkylation sites (N-methyl/N-ethyl adjacent to an activating group) is 1. The smallest absolute Gasteiger partial charge is 0.227 e. The Kier molecular flexibility index (Phi) is 4.87. The van der Waals surface area contributed by atoms with Crippen LogP contribution in [0, 0.1) is 0 Å². The molecule has 3 rings (SSSR count). The van der Waals surface area contributed by atoms with Crippen molar-refractivity contribution in [2.45, 2.75) is 38.5 Å². The third-order valence-corrected chi connectivity index (χ3v) is 4.43. The average Bonchev–Trinajstić information content (AvgIpc) is 3.03. The van der Waals surface area contributed by atoms with E-state index in [1.807, 2.05) is 4.90 Å². The van der Waals surface area contributed by atoms with E-state index in [1.54, 1.807) is 0 Å². The standard InChI is InChI=1S/C16H24N4O2/c1-19-11-7-13(8-12-19)16-17-14(22-18-16)5-6-15(21)20-9-3-2-4-10-20/h7H,2-6,8-12H2,1H3. The first kappa shape index (κ1) is 15.2. The topological polar surface area (TPSA) is 62.5 Å². The Labute approximate surface area is 131 Å². The normalized spacial score (nSPS) is 20.0. The van der Waals surface area contributed by atoms with Crippen LogP contribution in [0.25, 0.3) is 5.57 Å². The number of piperidine rings is 1. The zero-order chi connectivity index (χ0) is 15.4. The maximum Gasteiger partial charge on any atom is 0.227 e. The van der Waals surface area contributed by atoms with Crippen LogP contribution in [-0.2, 0) is 11.2 Å². The van der Waals surface area contributed by atoms with Crippen LogP contribution < -0.4 is 0 Å². The maximum atomic E-state index is 12.1. The molecule has 0 saturated carbocycles. The summed E-state index contributed by atoms with van der Waals surface area (Å²) in [5.41, 5.74) is 1.15. The largest absolute Gasteiger partial charge is 0.343 e. The highest BCUT2D eigenvalue weighted by Crippen LogP contribution is 2.19. The van der Waals surface area contributed by atoms with Gasteiger partial charge in [0.2, 0.25) is 11.8 Å². The highest BCUT2D eigenvalue weighted by molar-refractivity contribution is 5.76. The summed E-state index contributed by atoms with van der Waals surface area (Å²) in [5.74, 6) is 1.46. The van der Waals surface area contributed by atoms with Crippen LogP contribution in [0.3, 0.4) is 0 Å². The van der Waals surface area contributed by atoms with Crippen molar-refractivity contribution in [3.05, 3.63) is 17.8 Å². The number of aryl methyl sites for hydroxylation is 1. The molecule has 0 atom stereocenters. The Morgan fingerprint density at radius 1 is 1.27 bits per heavy atom. The van der Waals surface area contributed by atoms with Crippen LogP contribution >= 0.6 is 0 Å². The molecule has 2 aliphatic rings. The second-order valence-corrected chi connectivity index (χ2v) is 6.19. The molecule has 1 saturated heterocycles. The van der Waals surface area contributed by atoms with Crippen LogP contribution in [0.5, 0.6) is 0 Å². The van der Waals surface area contributed by atoms with Crippen LogP contribution in [0.15, 0.2) is 10.6 Å². The molecule has 3 heterocycles. The van der Waals surface area contributed by atoms with E-state index < -0.39 is 0 Å². The van der Waals surface area contributed by atoms with Crippen LogP contribution in [0.1, 0.15) is 43.8 Å². The predicted molar refractivity (Wildman–Crippen MR) is 83.1 cm³/mol. The lowest BCUT2D eigenvalue weighted by molar-refractivity contribution is -0.132. The minimum absolute atomic E-state index is 0.206. The molecule has 6 nitrogen and oxygen atoms in total. The molecule has 1 amide bonds. The summed E-state index contributed by atoms with van der Waals surface area (Å²) >= 11 is 0. The number of carbonyl (C=O) groups excluding carboxylic acids is 1. The van der Waals surface area contributed by atoms with Crippen LogP contribution in [-0.4, -0.2) is 59.1 Å². The zero-order valence-corrected chi connectivity index (χ0v) is 13.3. The molecule has 0 radical (unpaired) electrons. The van der Waals surface area contributed by atoms with Gasteiger partial charge in [0.05, 0.1) is 0 Å². The summed E-state index contributed by atoms with van der Waals surface area (Å²) in [6.45, 7) is 3.73. The van der Waals surface area contributed by atoms with E-state index in [-0.39, 0.29) is 5.91 Å². The first-order chi connectivity index (χ1) is 10.7. The molecule has 0 bridgehead atoms. The third kappa shape index (κ3) is 3.74. The average molecular weight is 304 g/mol.